The fraction of sp³-hybridized carbons (Fsp3) is 0.737. The van der Waals surface area contributed by atoms with Crippen LogP contribution in [0, 0.1) is 0 Å². The highest BCUT2D eigenvalue weighted by atomic mass is 32.1. The van der Waals surface area contributed by atoms with E-state index in [2.05, 4.69) is 26.5 Å². The Labute approximate surface area is 161 Å². The second-order valence-electron chi connectivity index (χ2n) is 7.73. The van der Waals surface area contributed by atoms with Gasteiger partial charge in [0.05, 0.1) is 0 Å². The molecule has 0 amide bonds. The smallest absolute Gasteiger partial charge is 0.232 e. The average molecular weight is 375 g/mol. The molecule has 26 heavy (non-hydrogen) atoms. The summed E-state index contributed by atoms with van der Waals surface area (Å²) in [7, 11) is 0. The van der Waals surface area contributed by atoms with Crippen molar-refractivity contribution in [3.63, 3.8) is 0 Å². The largest absolute Gasteiger partial charge is 0.360 e. The number of piperidine rings is 1. The fourth-order valence-electron chi connectivity index (χ4n) is 3.78. The zero-order valence-corrected chi connectivity index (χ0v) is 16.4. The van der Waals surface area contributed by atoms with E-state index in [9.17, 15) is 0 Å². The summed E-state index contributed by atoms with van der Waals surface area (Å²) in [6, 6.07) is 2.71. The Bertz CT molecular complexity index is 618. The highest BCUT2D eigenvalue weighted by molar-refractivity contribution is 7.80. The van der Waals surface area contributed by atoms with Crippen LogP contribution >= 0.6 is 12.2 Å². The monoisotopic (exact) mass is 374 g/mol. The highest BCUT2D eigenvalue weighted by Crippen LogP contribution is 2.26. The maximum atomic E-state index is 5.44. The molecule has 0 radical (unpaired) electrons. The molecular weight excluding hydrogens is 344 g/mol. The van der Waals surface area contributed by atoms with Gasteiger partial charge in [-0.25, -0.2) is 0 Å². The Balaban J connectivity index is 1.56. The van der Waals surface area contributed by atoms with Crippen molar-refractivity contribution >= 4 is 34.9 Å². The minimum absolute atomic E-state index is 0.533. The van der Waals surface area contributed by atoms with E-state index in [1.165, 1.54) is 57.8 Å². The van der Waals surface area contributed by atoms with Gasteiger partial charge in [0.15, 0.2) is 5.11 Å². The maximum Gasteiger partial charge on any atom is 0.232 e. The third kappa shape index (κ3) is 4.75. The first-order chi connectivity index (χ1) is 12.8. The highest BCUT2D eigenvalue weighted by Gasteiger charge is 2.23. The summed E-state index contributed by atoms with van der Waals surface area (Å²) < 4.78 is 0. The lowest BCUT2D eigenvalue weighted by Crippen LogP contribution is -2.33. The molecule has 2 saturated heterocycles. The molecule has 7 heteroatoms. The molecule has 4 rings (SSSR count). The summed E-state index contributed by atoms with van der Waals surface area (Å²) in [6.07, 6.45) is 11.3. The summed E-state index contributed by atoms with van der Waals surface area (Å²) >= 11 is 5.44. The van der Waals surface area contributed by atoms with Crippen LogP contribution < -0.4 is 20.4 Å². The molecule has 142 valence electrons. The zero-order valence-electron chi connectivity index (χ0n) is 15.5. The van der Waals surface area contributed by atoms with Crippen molar-refractivity contribution in [2.75, 3.05) is 41.3 Å². The summed E-state index contributed by atoms with van der Waals surface area (Å²) in [6.45, 7) is 4.34. The van der Waals surface area contributed by atoms with Crippen LogP contribution in [0.3, 0.4) is 0 Å². The van der Waals surface area contributed by atoms with Crippen LogP contribution in [0.1, 0.15) is 57.8 Å². The van der Waals surface area contributed by atoms with Crippen molar-refractivity contribution in [2.24, 2.45) is 0 Å². The number of rotatable bonds is 4. The van der Waals surface area contributed by atoms with Crippen LogP contribution in [-0.4, -0.2) is 47.3 Å². The standard InChI is InChI=1S/C19H30N6S/c26-19(20-15-8-9-15)23-18-21-16(24-10-4-1-2-5-11-24)14-17(22-18)25-12-6-3-7-13-25/h14-15H,1-13H2,(H2,20,21,22,23,26). The van der Waals surface area contributed by atoms with Gasteiger partial charge in [0.1, 0.15) is 11.6 Å². The van der Waals surface area contributed by atoms with Gasteiger partial charge in [0, 0.05) is 38.3 Å². The van der Waals surface area contributed by atoms with Crippen molar-refractivity contribution in [2.45, 2.75) is 63.8 Å². The number of nitrogens with one attached hydrogen (secondary N) is 2. The molecule has 0 spiro atoms. The molecule has 3 heterocycles. The molecule has 1 saturated carbocycles. The summed E-state index contributed by atoms with van der Waals surface area (Å²) in [4.78, 5) is 14.4. The molecule has 2 aliphatic heterocycles. The van der Waals surface area contributed by atoms with Crippen molar-refractivity contribution in [3.8, 4) is 0 Å². The van der Waals surface area contributed by atoms with E-state index < -0.39 is 0 Å². The first-order valence-electron chi connectivity index (χ1n) is 10.2. The van der Waals surface area contributed by atoms with Gasteiger partial charge in [-0.15, -0.1) is 0 Å². The number of aromatic nitrogens is 2. The Morgan fingerprint density at radius 3 is 1.85 bits per heavy atom. The molecular formula is C19H30N6S. The number of thiocarbonyl (C=S) groups is 1. The molecule has 1 aromatic heterocycles. The Hall–Kier alpha value is -1.63. The van der Waals surface area contributed by atoms with Crippen LogP contribution in [-0.2, 0) is 0 Å². The minimum Gasteiger partial charge on any atom is -0.360 e. The molecule has 0 aromatic carbocycles. The molecule has 2 N–H and O–H groups in total. The fourth-order valence-corrected chi connectivity index (χ4v) is 4.03. The Kier molecular flexibility index (Phi) is 5.72. The summed E-state index contributed by atoms with van der Waals surface area (Å²) in [5.74, 6) is 2.71. The lowest BCUT2D eigenvalue weighted by molar-refractivity contribution is 0.573. The Morgan fingerprint density at radius 2 is 1.35 bits per heavy atom. The summed E-state index contributed by atoms with van der Waals surface area (Å²) in [5, 5.41) is 7.20. The molecule has 0 bridgehead atoms. The van der Waals surface area contributed by atoms with E-state index in [0.29, 0.717) is 17.1 Å². The van der Waals surface area contributed by atoms with Crippen molar-refractivity contribution < 1.29 is 0 Å². The second kappa shape index (κ2) is 8.37. The van der Waals surface area contributed by atoms with Crippen LogP contribution in [0.4, 0.5) is 17.6 Å². The lowest BCUT2D eigenvalue weighted by Gasteiger charge is -2.29. The van der Waals surface area contributed by atoms with Gasteiger partial charge >= 0.3 is 0 Å². The van der Waals surface area contributed by atoms with Gasteiger partial charge in [-0.3, -0.25) is 0 Å². The van der Waals surface area contributed by atoms with E-state index in [0.717, 1.165) is 37.8 Å². The van der Waals surface area contributed by atoms with Crippen LogP contribution in [0.2, 0.25) is 0 Å². The van der Waals surface area contributed by atoms with Gasteiger partial charge in [0.2, 0.25) is 5.95 Å². The van der Waals surface area contributed by atoms with E-state index >= 15 is 0 Å². The second-order valence-corrected chi connectivity index (χ2v) is 8.14. The number of anilines is 3. The van der Waals surface area contributed by atoms with Gasteiger partial charge in [-0.2, -0.15) is 9.97 Å². The molecule has 3 aliphatic rings. The summed E-state index contributed by atoms with van der Waals surface area (Å²) in [5.41, 5.74) is 0. The Morgan fingerprint density at radius 1 is 0.846 bits per heavy atom. The number of hydrogen-bond donors (Lipinski definition) is 2. The van der Waals surface area contributed by atoms with Crippen molar-refractivity contribution in [1.82, 2.24) is 15.3 Å². The first-order valence-corrected chi connectivity index (χ1v) is 10.7. The molecule has 6 nitrogen and oxygen atoms in total. The van der Waals surface area contributed by atoms with Crippen LogP contribution in [0.25, 0.3) is 0 Å². The predicted molar refractivity (Wildman–Crippen MR) is 111 cm³/mol. The molecule has 0 atom stereocenters. The number of nitrogens with zero attached hydrogens (tertiary/aromatic N) is 4. The average Bonchev–Trinajstić information content (AvgIpc) is 3.49. The van der Waals surface area contributed by atoms with E-state index in [-0.39, 0.29) is 0 Å². The minimum atomic E-state index is 0.533. The van der Waals surface area contributed by atoms with E-state index in [1.54, 1.807) is 0 Å². The number of hydrogen-bond acceptors (Lipinski definition) is 5. The van der Waals surface area contributed by atoms with Crippen molar-refractivity contribution in [1.29, 1.82) is 0 Å². The molecule has 1 aliphatic carbocycles. The van der Waals surface area contributed by atoms with Gasteiger partial charge in [-0.05, 0) is 57.2 Å². The maximum absolute atomic E-state index is 5.44. The third-order valence-electron chi connectivity index (χ3n) is 5.45. The van der Waals surface area contributed by atoms with Crippen molar-refractivity contribution in [3.05, 3.63) is 6.07 Å². The third-order valence-corrected chi connectivity index (χ3v) is 5.67. The van der Waals surface area contributed by atoms with E-state index in [1.807, 2.05) is 0 Å². The molecule has 0 unspecified atom stereocenters. The normalized spacial score (nSPS) is 21.2. The van der Waals surface area contributed by atoms with Gasteiger partial charge in [0.25, 0.3) is 0 Å². The van der Waals surface area contributed by atoms with Crippen LogP contribution in [0.15, 0.2) is 6.07 Å². The molecule has 1 aromatic rings. The quantitative estimate of drug-likeness (QED) is 0.784. The lowest BCUT2D eigenvalue weighted by atomic mass is 10.1. The SMILES string of the molecule is S=C(Nc1nc(N2CCCCCC2)cc(N2CCCCC2)n1)NC1CC1. The van der Waals surface area contributed by atoms with Crippen LogP contribution in [0.5, 0.6) is 0 Å². The van der Waals surface area contributed by atoms with E-state index in [4.69, 9.17) is 22.2 Å². The van der Waals surface area contributed by atoms with Gasteiger partial charge < -0.3 is 20.4 Å². The first kappa shape index (κ1) is 17.8. The van der Waals surface area contributed by atoms with Gasteiger partial charge in [-0.1, -0.05) is 12.8 Å². The topological polar surface area (TPSA) is 56.3 Å². The predicted octanol–water partition coefficient (Wildman–Crippen LogP) is 3.30. The zero-order chi connectivity index (χ0) is 17.8. The molecule has 3 fully saturated rings.